The molecule has 3 N–H and O–H groups in total. The summed E-state index contributed by atoms with van der Waals surface area (Å²) in [7, 11) is 0. The predicted octanol–water partition coefficient (Wildman–Crippen LogP) is 5.52. The maximum atomic E-state index is 6.21. The number of nitrogens with one attached hydrogen (secondary N) is 1. The van der Waals surface area contributed by atoms with Crippen LogP contribution in [0.3, 0.4) is 0 Å². The van der Waals surface area contributed by atoms with Gasteiger partial charge in [0.25, 0.3) is 0 Å². The van der Waals surface area contributed by atoms with Crippen LogP contribution < -0.4 is 11.1 Å². The van der Waals surface area contributed by atoms with E-state index in [0.29, 0.717) is 17.3 Å². The molecule has 5 aromatic rings. The van der Waals surface area contributed by atoms with Gasteiger partial charge in [0, 0.05) is 16.9 Å². The quantitative estimate of drug-likeness (QED) is 0.411. The number of nitrogen functional groups attached to an aromatic ring is 1. The van der Waals surface area contributed by atoms with Gasteiger partial charge >= 0.3 is 0 Å². The Bertz CT molecular complexity index is 1260. The van der Waals surface area contributed by atoms with Gasteiger partial charge in [-0.25, -0.2) is 9.97 Å². The molecule has 0 aliphatic rings. The molecule has 0 radical (unpaired) electrons. The fourth-order valence-electron chi connectivity index (χ4n) is 3.29. The van der Waals surface area contributed by atoms with Crippen LogP contribution in [0.4, 0.5) is 17.4 Å². The van der Waals surface area contributed by atoms with Crippen LogP contribution >= 0.6 is 0 Å². The summed E-state index contributed by atoms with van der Waals surface area (Å²) in [5.74, 6) is 1.44. The first-order valence-electron chi connectivity index (χ1n) is 9.56. The van der Waals surface area contributed by atoms with E-state index in [1.165, 1.54) is 0 Å². The lowest BCUT2D eigenvalue weighted by Crippen LogP contribution is -2.01. The smallest absolute Gasteiger partial charge is 0.229 e. The van der Waals surface area contributed by atoms with Crippen molar-refractivity contribution in [3.8, 4) is 28.5 Å². The number of nitrogens with two attached hydrogens (primary N) is 1. The molecule has 0 fully saturated rings. The first-order chi connectivity index (χ1) is 14.8. The number of benzene rings is 3. The van der Waals surface area contributed by atoms with Gasteiger partial charge in [0.1, 0.15) is 17.8 Å². The van der Waals surface area contributed by atoms with Crippen molar-refractivity contribution in [2.75, 3.05) is 11.1 Å². The molecule has 0 atom stereocenters. The molecule has 0 saturated carbocycles. The number of para-hydroxylation sites is 2. The molecule has 0 aliphatic carbocycles. The van der Waals surface area contributed by atoms with Gasteiger partial charge in [-0.15, -0.1) is 0 Å². The Labute approximate surface area is 173 Å². The highest BCUT2D eigenvalue weighted by atomic mass is 16.4. The Morgan fingerprint density at radius 1 is 0.767 bits per heavy atom. The minimum absolute atomic E-state index is 0.225. The van der Waals surface area contributed by atoms with Crippen LogP contribution in [-0.2, 0) is 0 Å². The highest BCUT2D eigenvalue weighted by molar-refractivity contribution is 5.81. The second-order valence-corrected chi connectivity index (χ2v) is 6.74. The molecule has 0 amide bonds. The Kier molecular flexibility index (Phi) is 4.50. The molecule has 30 heavy (non-hydrogen) atoms. The number of anilines is 3. The zero-order chi connectivity index (χ0) is 20.3. The minimum atomic E-state index is 0.225. The molecule has 2 heterocycles. The summed E-state index contributed by atoms with van der Waals surface area (Å²) in [6.45, 7) is 0. The second-order valence-electron chi connectivity index (χ2n) is 6.74. The molecule has 146 valence electrons. The van der Waals surface area contributed by atoms with Crippen LogP contribution in [0.15, 0.2) is 102 Å². The second kappa shape index (κ2) is 7.60. The van der Waals surface area contributed by atoms with E-state index in [9.17, 15) is 0 Å². The van der Waals surface area contributed by atoms with Gasteiger partial charge in [-0.05, 0) is 36.4 Å². The summed E-state index contributed by atoms with van der Waals surface area (Å²) in [4.78, 5) is 9.28. The number of imidazole rings is 1. The minimum Gasteiger partial charge on any atom is -0.420 e. The number of aromatic nitrogens is 3. The van der Waals surface area contributed by atoms with E-state index in [2.05, 4.69) is 15.3 Å². The molecule has 0 spiro atoms. The number of nitrogens with zero attached hydrogens (tertiary/aromatic N) is 3. The van der Waals surface area contributed by atoms with E-state index < -0.39 is 0 Å². The molecule has 6 heteroatoms. The zero-order valence-corrected chi connectivity index (χ0v) is 16.1. The average Bonchev–Trinajstić information content (AvgIpc) is 3.39. The van der Waals surface area contributed by atoms with Crippen molar-refractivity contribution >= 4 is 17.4 Å². The first-order valence-corrected chi connectivity index (χ1v) is 9.56. The molecular formula is C24H19N5O. The number of hydrogen-bond donors (Lipinski definition) is 2. The van der Waals surface area contributed by atoms with Crippen molar-refractivity contribution in [3.63, 3.8) is 0 Å². The van der Waals surface area contributed by atoms with Gasteiger partial charge in [0.2, 0.25) is 11.8 Å². The van der Waals surface area contributed by atoms with E-state index in [1.54, 1.807) is 6.33 Å². The third-order valence-corrected chi connectivity index (χ3v) is 4.74. The molecule has 0 bridgehead atoms. The Morgan fingerprint density at radius 3 is 2.10 bits per heavy atom. The summed E-state index contributed by atoms with van der Waals surface area (Å²) in [6.07, 6.45) is 1.76. The van der Waals surface area contributed by atoms with Crippen molar-refractivity contribution in [3.05, 3.63) is 97.3 Å². The van der Waals surface area contributed by atoms with E-state index in [-0.39, 0.29) is 5.88 Å². The molecule has 0 saturated heterocycles. The van der Waals surface area contributed by atoms with Crippen molar-refractivity contribution in [2.24, 2.45) is 0 Å². The molecular weight excluding hydrogens is 374 g/mol. The Morgan fingerprint density at radius 2 is 1.40 bits per heavy atom. The predicted molar refractivity (Wildman–Crippen MR) is 119 cm³/mol. The third kappa shape index (κ3) is 3.31. The highest BCUT2D eigenvalue weighted by Crippen LogP contribution is 2.36. The number of rotatable bonds is 5. The van der Waals surface area contributed by atoms with Gasteiger partial charge in [0.05, 0.1) is 0 Å². The van der Waals surface area contributed by atoms with Crippen molar-refractivity contribution in [1.82, 2.24) is 14.5 Å². The highest BCUT2D eigenvalue weighted by Gasteiger charge is 2.22. The zero-order valence-electron chi connectivity index (χ0n) is 16.1. The lowest BCUT2D eigenvalue weighted by Gasteiger charge is -2.12. The van der Waals surface area contributed by atoms with E-state index in [4.69, 9.17) is 10.2 Å². The monoisotopic (exact) mass is 393 g/mol. The number of oxazole rings is 1. The van der Waals surface area contributed by atoms with Gasteiger partial charge in [-0.1, -0.05) is 54.6 Å². The fourth-order valence-corrected chi connectivity index (χ4v) is 3.29. The molecule has 2 aromatic heterocycles. The van der Waals surface area contributed by atoms with Gasteiger partial charge in [-0.2, -0.15) is 0 Å². The lowest BCUT2D eigenvalue weighted by molar-refractivity contribution is 0.594. The first kappa shape index (κ1) is 17.8. The van der Waals surface area contributed by atoms with E-state index in [1.807, 2.05) is 95.6 Å². The summed E-state index contributed by atoms with van der Waals surface area (Å²) in [5.41, 5.74) is 10.1. The SMILES string of the molecule is Nc1oc(-c2ccccc2)nc1-c1ncn(-c2ccccc2)c1Nc1ccccc1. The van der Waals surface area contributed by atoms with Gasteiger partial charge in [-0.3, -0.25) is 4.57 Å². The van der Waals surface area contributed by atoms with E-state index >= 15 is 0 Å². The molecule has 0 unspecified atom stereocenters. The van der Waals surface area contributed by atoms with Crippen molar-refractivity contribution in [1.29, 1.82) is 0 Å². The maximum Gasteiger partial charge on any atom is 0.229 e. The van der Waals surface area contributed by atoms with Crippen LogP contribution in [-0.4, -0.2) is 14.5 Å². The molecule has 6 nitrogen and oxygen atoms in total. The fraction of sp³-hybridized carbons (Fsp3) is 0. The van der Waals surface area contributed by atoms with Gasteiger partial charge < -0.3 is 15.5 Å². The van der Waals surface area contributed by atoms with Crippen LogP contribution in [0.1, 0.15) is 0 Å². The van der Waals surface area contributed by atoms with Crippen LogP contribution in [0.5, 0.6) is 0 Å². The normalized spacial score (nSPS) is 10.8. The van der Waals surface area contributed by atoms with Crippen molar-refractivity contribution < 1.29 is 4.42 Å². The summed E-state index contributed by atoms with van der Waals surface area (Å²) in [5, 5.41) is 3.46. The molecule has 3 aromatic carbocycles. The lowest BCUT2D eigenvalue weighted by atomic mass is 10.2. The molecule has 0 aliphatic heterocycles. The number of hydrogen-bond acceptors (Lipinski definition) is 5. The van der Waals surface area contributed by atoms with Gasteiger partial charge in [0.15, 0.2) is 5.69 Å². The standard InChI is InChI=1S/C24H19N5O/c25-22-20(28-24(30-22)17-10-4-1-5-11-17)21-23(27-18-12-6-2-7-13-18)29(16-26-21)19-14-8-3-9-15-19/h1-16,27H,25H2. The summed E-state index contributed by atoms with van der Waals surface area (Å²) < 4.78 is 7.74. The molecule has 5 rings (SSSR count). The summed E-state index contributed by atoms with van der Waals surface area (Å²) in [6, 6.07) is 29.6. The van der Waals surface area contributed by atoms with Crippen molar-refractivity contribution in [2.45, 2.75) is 0 Å². The Hall–Kier alpha value is -4.32. The van der Waals surface area contributed by atoms with E-state index in [0.717, 1.165) is 22.8 Å². The largest absolute Gasteiger partial charge is 0.420 e. The van der Waals surface area contributed by atoms with Crippen LogP contribution in [0.25, 0.3) is 28.5 Å². The summed E-state index contributed by atoms with van der Waals surface area (Å²) >= 11 is 0. The third-order valence-electron chi connectivity index (χ3n) is 4.74. The van der Waals surface area contributed by atoms with Crippen LogP contribution in [0, 0.1) is 0 Å². The topological polar surface area (TPSA) is 81.9 Å². The maximum absolute atomic E-state index is 6.21. The van der Waals surface area contributed by atoms with Crippen LogP contribution in [0.2, 0.25) is 0 Å². The average molecular weight is 393 g/mol. The Balaban J connectivity index is 1.64.